The molecule has 21 heavy (non-hydrogen) atoms. The fourth-order valence-electron chi connectivity index (χ4n) is 2.67. The van der Waals surface area contributed by atoms with E-state index in [1.165, 1.54) is 4.90 Å². The van der Waals surface area contributed by atoms with Crippen molar-refractivity contribution < 1.29 is 9.59 Å². The van der Waals surface area contributed by atoms with E-state index in [4.69, 9.17) is 0 Å². The molecule has 1 aromatic carbocycles. The molecular weight excluding hydrogens is 266 g/mol. The van der Waals surface area contributed by atoms with Crippen LogP contribution in [0.5, 0.6) is 0 Å². The van der Waals surface area contributed by atoms with E-state index in [2.05, 4.69) is 16.8 Å². The molecular formula is C16H17N3O2. The van der Waals surface area contributed by atoms with Gasteiger partial charge in [0.25, 0.3) is 5.91 Å². The van der Waals surface area contributed by atoms with Crippen LogP contribution in [0.1, 0.15) is 19.4 Å². The number of hydrogen-bond donors (Lipinski definition) is 1. The van der Waals surface area contributed by atoms with Gasteiger partial charge in [-0.05, 0) is 26.0 Å². The van der Waals surface area contributed by atoms with Gasteiger partial charge in [-0.3, -0.25) is 9.69 Å². The molecule has 0 radical (unpaired) electrons. The SMILES string of the molecule is CCN1C(=O)NC(=Cc2cn(CC)c3ccccc23)C1=O. The summed E-state index contributed by atoms with van der Waals surface area (Å²) >= 11 is 0. The molecule has 1 fully saturated rings. The second kappa shape index (κ2) is 5.09. The van der Waals surface area contributed by atoms with Crippen molar-refractivity contribution in [1.29, 1.82) is 0 Å². The van der Waals surface area contributed by atoms with E-state index >= 15 is 0 Å². The molecule has 0 aliphatic carbocycles. The quantitative estimate of drug-likeness (QED) is 0.695. The van der Waals surface area contributed by atoms with Crippen LogP contribution in [0.25, 0.3) is 17.0 Å². The van der Waals surface area contributed by atoms with Crippen molar-refractivity contribution in [2.24, 2.45) is 0 Å². The highest BCUT2D eigenvalue weighted by Crippen LogP contribution is 2.24. The fraction of sp³-hybridized carbons (Fsp3) is 0.250. The Morgan fingerprint density at radius 1 is 1.14 bits per heavy atom. The Kier molecular flexibility index (Phi) is 3.25. The van der Waals surface area contributed by atoms with Crippen LogP contribution in [0.2, 0.25) is 0 Å². The lowest BCUT2D eigenvalue weighted by Gasteiger charge is -2.05. The first-order valence-electron chi connectivity index (χ1n) is 7.08. The topological polar surface area (TPSA) is 54.3 Å². The maximum Gasteiger partial charge on any atom is 0.328 e. The number of aromatic nitrogens is 1. The van der Waals surface area contributed by atoms with Crippen molar-refractivity contribution in [3.8, 4) is 0 Å². The number of urea groups is 1. The summed E-state index contributed by atoms with van der Waals surface area (Å²) in [6, 6.07) is 7.68. The smallest absolute Gasteiger partial charge is 0.328 e. The van der Waals surface area contributed by atoms with Crippen LogP contribution in [0.4, 0.5) is 4.79 Å². The molecule has 1 aliphatic rings. The van der Waals surface area contributed by atoms with E-state index in [1.54, 1.807) is 13.0 Å². The molecule has 3 amide bonds. The van der Waals surface area contributed by atoms with E-state index in [-0.39, 0.29) is 11.9 Å². The summed E-state index contributed by atoms with van der Waals surface area (Å²) in [6.45, 7) is 5.08. The molecule has 0 bridgehead atoms. The molecule has 5 nitrogen and oxygen atoms in total. The van der Waals surface area contributed by atoms with Gasteiger partial charge in [0.2, 0.25) is 0 Å². The standard InChI is InChI=1S/C16H17N3O2/c1-3-18-10-11(12-7-5-6-8-14(12)18)9-13-15(20)19(4-2)16(21)17-13/h5-10H,3-4H2,1-2H3,(H,17,21). The van der Waals surface area contributed by atoms with E-state index in [0.717, 1.165) is 23.0 Å². The number of likely N-dealkylation sites (N-methyl/N-ethyl adjacent to an activating group) is 1. The number of rotatable bonds is 3. The predicted octanol–water partition coefficient (Wildman–Crippen LogP) is 2.57. The van der Waals surface area contributed by atoms with Crippen LogP contribution < -0.4 is 5.32 Å². The lowest BCUT2D eigenvalue weighted by atomic mass is 10.1. The van der Waals surface area contributed by atoms with Crippen LogP contribution in [0, 0.1) is 0 Å². The molecule has 0 unspecified atom stereocenters. The molecule has 2 heterocycles. The maximum atomic E-state index is 12.1. The molecule has 3 rings (SSSR count). The number of carbonyl (C=O) groups is 2. The third-order valence-electron chi connectivity index (χ3n) is 3.74. The van der Waals surface area contributed by atoms with Gasteiger partial charge in [-0.1, -0.05) is 18.2 Å². The van der Waals surface area contributed by atoms with Crippen LogP contribution in [-0.4, -0.2) is 28.0 Å². The first kappa shape index (κ1) is 13.4. The molecule has 1 N–H and O–H groups in total. The summed E-state index contributed by atoms with van der Waals surface area (Å²) in [7, 11) is 0. The van der Waals surface area contributed by atoms with Crippen LogP contribution in [-0.2, 0) is 11.3 Å². The second-order valence-corrected chi connectivity index (χ2v) is 4.93. The van der Waals surface area contributed by atoms with Crippen LogP contribution in [0.3, 0.4) is 0 Å². The summed E-state index contributed by atoms with van der Waals surface area (Å²) in [6.07, 6.45) is 3.76. The monoisotopic (exact) mass is 283 g/mol. The highest BCUT2D eigenvalue weighted by atomic mass is 16.2. The number of amides is 3. The zero-order valence-corrected chi connectivity index (χ0v) is 12.1. The molecule has 1 aromatic heterocycles. The molecule has 108 valence electrons. The fourth-order valence-corrected chi connectivity index (χ4v) is 2.67. The summed E-state index contributed by atoms with van der Waals surface area (Å²) in [5, 5.41) is 3.71. The van der Waals surface area contributed by atoms with Gasteiger partial charge in [0, 0.05) is 35.8 Å². The molecule has 1 saturated heterocycles. The van der Waals surface area contributed by atoms with Crippen molar-refractivity contribution >= 4 is 28.9 Å². The van der Waals surface area contributed by atoms with Gasteiger partial charge < -0.3 is 9.88 Å². The van der Waals surface area contributed by atoms with Crippen molar-refractivity contribution in [2.75, 3.05) is 6.54 Å². The Hall–Kier alpha value is -2.56. The summed E-state index contributed by atoms with van der Waals surface area (Å²) in [5.41, 5.74) is 2.39. The first-order valence-corrected chi connectivity index (χ1v) is 7.08. The number of benzene rings is 1. The van der Waals surface area contributed by atoms with Gasteiger partial charge in [-0.25, -0.2) is 4.79 Å². The number of para-hydroxylation sites is 1. The second-order valence-electron chi connectivity index (χ2n) is 4.93. The lowest BCUT2D eigenvalue weighted by Crippen LogP contribution is -2.30. The number of fused-ring (bicyclic) bond motifs is 1. The molecule has 0 spiro atoms. The zero-order chi connectivity index (χ0) is 15.0. The Morgan fingerprint density at radius 2 is 1.90 bits per heavy atom. The molecule has 1 aliphatic heterocycles. The largest absolute Gasteiger partial charge is 0.347 e. The van der Waals surface area contributed by atoms with Crippen molar-refractivity contribution in [1.82, 2.24) is 14.8 Å². The third-order valence-corrected chi connectivity index (χ3v) is 3.74. The Bertz CT molecular complexity index is 758. The van der Waals surface area contributed by atoms with Gasteiger partial charge in [0.1, 0.15) is 5.70 Å². The van der Waals surface area contributed by atoms with Gasteiger partial charge in [0.15, 0.2) is 0 Å². The number of aryl methyl sites for hydroxylation is 1. The van der Waals surface area contributed by atoms with Crippen molar-refractivity contribution in [2.45, 2.75) is 20.4 Å². The van der Waals surface area contributed by atoms with E-state index in [1.807, 2.05) is 30.5 Å². The van der Waals surface area contributed by atoms with Crippen LogP contribution >= 0.6 is 0 Å². The molecule has 0 atom stereocenters. The van der Waals surface area contributed by atoms with E-state index in [0.29, 0.717) is 12.2 Å². The van der Waals surface area contributed by atoms with Gasteiger partial charge in [-0.2, -0.15) is 0 Å². The third kappa shape index (κ3) is 2.11. The molecule has 0 saturated carbocycles. The van der Waals surface area contributed by atoms with Crippen molar-refractivity contribution in [3.63, 3.8) is 0 Å². The number of nitrogens with one attached hydrogen (secondary N) is 1. The number of imide groups is 1. The highest BCUT2D eigenvalue weighted by Gasteiger charge is 2.32. The number of hydrogen-bond acceptors (Lipinski definition) is 2. The van der Waals surface area contributed by atoms with Crippen molar-refractivity contribution in [3.05, 3.63) is 41.7 Å². The summed E-state index contributed by atoms with van der Waals surface area (Å²) in [4.78, 5) is 25.0. The average Bonchev–Trinajstić information content (AvgIpc) is 2.98. The predicted molar refractivity (Wildman–Crippen MR) is 81.5 cm³/mol. The minimum Gasteiger partial charge on any atom is -0.347 e. The maximum absolute atomic E-state index is 12.1. The van der Waals surface area contributed by atoms with E-state index in [9.17, 15) is 9.59 Å². The van der Waals surface area contributed by atoms with Gasteiger partial charge in [-0.15, -0.1) is 0 Å². The van der Waals surface area contributed by atoms with Crippen LogP contribution in [0.15, 0.2) is 36.2 Å². The first-order chi connectivity index (χ1) is 10.2. The van der Waals surface area contributed by atoms with Gasteiger partial charge in [0.05, 0.1) is 0 Å². The minimum absolute atomic E-state index is 0.268. The number of carbonyl (C=O) groups excluding carboxylic acids is 2. The zero-order valence-electron chi connectivity index (χ0n) is 12.1. The molecule has 2 aromatic rings. The Balaban J connectivity index is 2.08. The number of nitrogens with zero attached hydrogens (tertiary/aromatic N) is 2. The average molecular weight is 283 g/mol. The van der Waals surface area contributed by atoms with E-state index < -0.39 is 0 Å². The molecule has 5 heteroatoms. The Labute approximate surface area is 122 Å². The Morgan fingerprint density at radius 3 is 2.57 bits per heavy atom. The normalized spacial score (nSPS) is 17.0. The summed E-state index contributed by atoms with van der Waals surface area (Å²) in [5.74, 6) is -0.268. The van der Waals surface area contributed by atoms with Gasteiger partial charge >= 0.3 is 6.03 Å². The minimum atomic E-state index is -0.354. The highest BCUT2D eigenvalue weighted by molar-refractivity contribution is 6.14. The summed E-state index contributed by atoms with van der Waals surface area (Å²) < 4.78 is 2.13. The lowest BCUT2D eigenvalue weighted by molar-refractivity contribution is -0.122.